The van der Waals surface area contributed by atoms with Crippen molar-refractivity contribution in [2.24, 2.45) is 17.6 Å². The summed E-state index contributed by atoms with van der Waals surface area (Å²) in [7, 11) is 0. The highest BCUT2D eigenvalue weighted by atomic mass is 16.5. The Labute approximate surface area is 176 Å². The van der Waals surface area contributed by atoms with Gasteiger partial charge in [-0.1, -0.05) is 6.07 Å². The molecule has 2 aromatic rings. The van der Waals surface area contributed by atoms with Gasteiger partial charge in [-0.15, -0.1) is 0 Å². The van der Waals surface area contributed by atoms with Crippen LogP contribution in [0.5, 0.6) is 11.5 Å². The van der Waals surface area contributed by atoms with E-state index in [2.05, 4.69) is 0 Å². The minimum absolute atomic E-state index is 0.0678. The number of hydrogen-bond donors (Lipinski definition) is 4. The minimum Gasteiger partial charge on any atom is -0.492 e. The molecule has 0 aromatic heterocycles. The van der Waals surface area contributed by atoms with E-state index in [0.29, 0.717) is 22.6 Å². The van der Waals surface area contributed by atoms with E-state index in [4.69, 9.17) is 26.0 Å². The van der Waals surface area contributed by atoms with Crippen LogP contribution in [-0.4, -0.2) is 40.6 Å². The molecular weight excluding hydrogens is 408 g/mol. The molecule has 0 fully saturated rings. The first-order valence-corrected chi connectivity index (χ1v) is 9.25. The van der Waals surface area contributed by atoms with Crippen LogP contribution in [0.1, 0.15) is 28.3 Å². The van der Waals surface area contributed by atoms with E-state index in [1.165, 1.54) is 30.3 Å². The van der Waals surface area contributed by atoms with Gasteiger partial charge in [0.15, 0.2) is 0 Å². The molecule has 10 heteroatoms. The van der Waals surface area contributed by atoms with Crippen molar-refractivity contribution in [1.82, 2.24) is 0 Å². The van der Waals surface area contributed by atoms with Crippen LogP contribution in [0.3, 0.4) is 0 Å². The molecule has 1 amide bonds. The van der Waals surface area contributed by atoms with Gasteiger partial charge in [0.1, 0.15) is 11.5 Å². The van der Waals surface area contributed by atoms with Crippen LogP contribution in [0.4, 0.5) is 5.69 Å². The summed E-state index contributed by atoms with van der Waals surface area (Å²) in [5.41, 5.74) is 12.3. The third-order valence-electron chi connectivity index (χ3n) is 5.07. The summed E-state index contributed by atoms with van der Waals surface area (Å²) in [6.45, 7) is -0.0678. The van der Waals surface area contributed by atoms with Crippen molar-refractivity contribution in [3.05, 3.63) is 53.6 Å². The number of benzene rings is 2. The average molecular weight is 428 g/mol. The number of nitrogen functional groups attached to an aromatic ring is 1. The van der Waals surface area contributed by atoms with Crippen LogP contribution in [-0.2, 0) is 14.4 Å². The molecule has 3 atom stereocenters. The monoisotopic (exact) mass is 428 g/mol. The SMILES string of the molecule is NC(=O)C([C@H](CC(=O)O)C(=O)O)[C@@H]1COc2cc(OC(=O)c3ccc(N)cc3)ccc21. The van der Waals surface area contributed by atoms with Crippen LogP contribution in [0.15, 0.2) is 42.5 Å². The Morgan fingerprint density at radius 1 is 1.10 bits per heavy atom. The number of ether oxygens (including phenoxy) is 2. The second-order valence-electron chi connectivity index (χ2n) is 7.10. The number of carbonyl (C=O) groups excluding carboxylic acids is 2. The third kappa shape index (κ3) is 4.74. The van der Waals surface area contributed by atoms with Gasteiger partial charge in [0.05, 0.1) is 30.4 Å². The molecule has 2 aromatic carbocycles. The normalized spacial score (nSPS) is 16.5. The Kier molecular flexibility index (Phi) is 6.10. The summed E-state index contributed by atoms with van der Waals surface area (Å²) in [4.78, 5) is 47.0. The van der Waals surface area contributed by atoms with Gasteiger partial charge in [-0.2, -0.15) is 0 Å². The topological polar surface area (TPSA) is 179 Å². The third-order valence-corrected chi connectivity index (χ3v) is 5.07. The Morgan fingerprint density at radius 2 is 1.77 bits per heavy atom. The zero-order chi connectivity index (χ0) is 22.7. The second-order valence-corrected chi connectivity index (χ2v) is 7.10. The van der Waals surface area contributed by atoms with Gasteiger partial charge in [0.2, 0.25) is 5.91 Å². The van der Waals surface area contributed by atoms with E-state index in [9.17, 15) is 24.3 Å². The Hall–Kier alpha value is -4.08. The van der Waals surface area contributed by atoms with E-state index >= 15 is 0 Å². The number of primary amides is 1. The maximum absolute atomic E-state index is 12.3. The molecule has 0 aliphatic carbocycles. The first-order valence-electron chi connectivity index (χ1n) is 9.25. The van der Waals surface area contributed by atoms with E-state index in [1.807, 2.05) is 0 Å². The summed E-state index contributed by atoms with van der Waals surface area (Å²) >= 11 is 0. The molecule has 1 heterocycles. The summed E-state index contributed by atoms with van der Waals surface area (Å²) in [5.74, 6) is -7.44. The Morgan fingerprint density at radius 3 is 2.35 bits per heavy atom. The standard InChI is InChI=1S/C21H20N2O8/c22-11-3-1-10(2-4-11)21(29)31-12-5-6-13-15(9-30-16(13)7-12)18(19(23)26)14(20(27)28)8-17(24)25/h1-7,14-15,18H,8-9,22H2,(H2,23,26)(H,24,25)(H,27,28)/t14-,15+,18?/m0/s1. The van der Waals surface area contributed by atoms with Crippen LogP contribution in [0, 0.1) is 11.8 Å². The van der Waals surface area contributed by atoms with Crippen molar-refractivity contribution < 1.29 is 38.9 Å². The van der Waals surface area contributed by atoms with Crippen molar-refractivity contribution in [1.29, 1.82) is 0 Å². The number of anilines is 1. The summed E-state index contributed by atoms with van der Waals surface area (Å²) in [5, 5.41) is 18.5. The zero-order valence-electron chi connectivity index (χ0n) is 16.2. The summed E-state index contributed by atoms with van der Waals surface area (Å²) in [6.07, 6.45) is -0.758. The highest BCUT2D eigenvalue weighted by molar-refractivity contribution is 5.91. The zero-order valence-corrected chi connectivity index (χ0v) is 16.2. The van der Waals surface area contributed by atoms with Gasteiger partial charge >= 0.3 is 17.9 Å². The van der Waals surface area contributed by atoms with Crippen LogP contribution in [0.2, 0.25) is 0 Å². The van der Waals surface area contributed by atoms with Gasteiger partial charge in [-0.05, 0) is 30.3 Å². The number of esters is 1. The lowest BCUT2D eigenvalue weighted by Gasteiger charge is -2.25. The lowest BCUT2D eigenvalue weighted by atomic mass is 9.77. The van der Waals surface area contributed by atoms with Crippen molar-refractivity contribution in [2.75, 3.05) is 12.3 Å². The lowest BCUT2D eigenvalue weighted by molar-refractivity contribution is -0.152. The molecule has 1 aliphatic rings. The first kappa shape index (κ1) is 21.6. The molecule has 0 spiro atoms. The number of aliphatic carboxylic acids is 2. The maximum atomic E-state index is 12.3. The van der Waals surface area contributed by atoms with Crippen LogP contribution < -0.4 is 20.9 Å². The quantitative estimate of drug-likeness (QED) is 0.273. The van der Waals surface area contributed by atoms with Crippen molar-refractivity contribution in [3.8, 4) is 11.5 Å². The molecule has 1 unspecified atom stereocenters. The average Bonchev–Trinajstić information content (AvgIpc) is 3.10. The number of carboxylic acid groups (broad SMARTS) is 2. The first-order chi connectivity index (χ1) is 14.7. The highest BCUT2D eigenvalue weighted by Crippen LogP contribution is 2.43. The Bertz CT molecular complexity index is 1030. The number of rotatable bonds is 8. The molecule has 0 saturated heterocycles. The van der Waals surface area contributed by atoms with E-state index < -0.39 is 48.0 Å². The lowest BCUT2D eigenvalue weighted by Crippen LogP contribution is -2.40. The van der Waals surface area contributed by atoms with E-state index in [-0.39, 0.29) is 12.4 Å². The largest absolute Gasteiger partial charge is 0.492 e. The van der Waals surface area contributed by atoms with Crippen molar-refractivity contribution >= 4 is 29.5 Å². The van der Waals surface area contributed by atoms with E-state index in [1.54, 1.807) is 12.1 Å². The van der Waals surface area contributed by atoms with Gasteiger partial charge in [0.25, 0.3) is 0 Å². The molecule has 6 N–H and O–H groups in total. The van der Waals surface area contributed by atoms with Crippen molar-refractivity contribution in [3.63, 3.8) is 0 Å². The van der Waals surface area contributed by atoms with Gasteiger partial charge in [-0.25, -0.2) is 4.79 Å². The van der Waals surface area contributed by atoms with Crippen LogP contribution >= 0.6 is 0 Å². The second kappa shape index (κ2) is 8.74. The summed E-state index contributed by atoms with van der Waals surface area (Å²) in [6, 6.07) is 10.6. The van der Waals surface area contributed by atoms with E-state index in [0.717, 1.165) is 0 Å². The van der Waals surface area contributed by atoms with Gasteiger partial charge in [-0.3, -0.25) is 14.4 Å². The fraction of sp³-hybridized carbons (Fsp3) is 0.238. The number of hydrogen-bond acceptors (Lipinski definition) is 7. The molecule has 0 saturated carbocycles. The molecule has 10 nitrogen and oxygen atoms in total. The molecule has 0 bridgehead atoms. The number of amides is 1. The van der Waals surface area contributed by atoms with Crippen LogP contribution in [0.25, 0.3) is 0 Å². The predicted molar refractivity (Wildman–Crippen MR) is 107 cm³/mol. The molecule has 162 valence electrons. The maximum Gasteiger partial charge on any atom is 0.343 e. The van der Waals surface area contributed by atoms with Gasteiger partial charge in [0, 0.05) is 23.2 Å². The molecule has 31 heavy (non-hydrogen) atoms. The smallest absolute Gasteiger partial charge is 0.343 e. The fourth-order valence-electron chi connectivity index (χ4n) is 3.59. The minimum atomic E-state index is -1.52. The number of carbonyl (C=O) groups is 4. The number of nitrogens with two attached hydrogens (primary N) is 2. The molecule has 0 radical (unpaired) electrons. The fourth-order valence-corrected chi connectivity index (χ4v) is 3.59. The molecular formula is C21H20N2O8. The highest BCUT2D eigenvalue weighted by Gasteiger charge is 2.43. The number of carboxylic acids is 2. The number of fused-ring (bicyclic) bond motifs is 1. The Balaban J connectivity index is 1.83. The molecule has 1 aliphatic heterocycles. The van der Waals surface area contributed by atoms with Gasteiger partial charge < -0.3 is 31.2 Å². The van der Waals surface area contributed by atoms with Crippen molar-refractivity contribution in [2.45, 2.75) is 12.3 Å². The molecule has 3 rings (SSSR count). The summed E-state index contributed by atoms with van der Waals surface area (Å²) < 4.78 is 10.9. The predicted octanol–water partition coefficient (Wildman–Crippen LogP) is 1.24.